The van der Waals surface area contributed by atoms with Crippen LogP contribution in [0, 0.1) is 0 Å². The van der Waals surface area contributed by atoms with Gasteiger partial charge in [0.1, 0.15) is 5.69 Å². The van der Waals surface area contributed by atoms with Crippen molar-refractivity contribution < 1.29 is 0 Å². The second kappa shape index (κ2) is 6.17. The van der Waals surface area contributed by atoms with E-state index in [0.717, 1.165) is 42.7 Å². The van der Waals surface area contributed by atoms with Crippen LogP contribution in [-0.2, 0) is 6.54 Å². The molecule has 7 heteroatoms. The van der Waals surface area contributed by atoms with Crippen LogP contribution in [0.25, 0.3) is 16.5 Å². The Morgan fingerprint density at radius 1 is 1.29 bits per heavy atom. The topological polar surface area (TPSA) is 38.4 Å². The Morgan fingerprint density at radius 2 is 2.10 bits per heavy atom. The van der Waals surface area contributed by atoms with E-state index < -0.39 is 0 Å². The van der Waals surface area contributed by atoms with Crippen LogP contribution in [0.3, 0.4) is 0 Å². The number of aromatic nitrogens is 4. The summed E-state index contributed by atoms with van der Waals surface area (Å²) in [6, 6.07) is 0. The number of rotatable bonds is 6. The van der Waals surface area contributed by atoms with E-state index in [0.29, 0.717) is 5.15 Å². The Hall–Kier alpha value is -1.37. The Labute approximate surface area is 132 Å². The number of hydrogen-bond donors (Lipinski definition) is 0. The van der Waals surface area contributed by atoms with Crippen LogP contribution < -0.4 is 0 Å². The van der Waals surface area contributed by atoms with Crippen molar-refractivity contribution in [1.82, 2.24) is 23.8 Å². The van der Waals surface area contributed by atoms with E-state index in [9.17, 15) is 0 Å². The van der Waals surface area contributed by atoms with Gasteiger partial charge in [-0.15, -0.1) is 11.3 Å². The third-order valence-corrected chi connectivity index (χ3v) is 4.72. The number of thiazole rings is 1. The molecule has 0 radical (unpaired) electrons. The summed E-state index contributed by atoms with van der Waals surface area (Å²) in [5.41, 5.74) is 0.873. The summed E-state index contributed by atoms with van der Waals surface area (Å²) in [7, 11) is 0. The molecule has 0 spiro atoms. The third kappa shape index (κ3) is 2.71. The minimum Gasteiger partial charge on any atom is -0.328 e. The summed E-state index contributed by atoms with van der Waals surface area (Å²) in [6.07, 6.45) is 5.80. The normalized spacial score (nSPS) is 11.8. The summed E-state index contributed by atoms with van der Waals surface area (Å²) in [6.45, 7) is 8.37. The summed E-state index contributed by atoms with van der Waals surface area (Å²) in [4.78, 5) is 12.2. The number of hydrogen-bond acceptors (Lipinski definition) is 4. The first-order valence-corrected chi connectivity index (χ1v) is 8.35. The van der Waals surface area contributed by atoms with Crippen molar-refractivity contribution in [2.75, 3.05) is 19.6 Å². The van der Waals surface area contributed by atoms with Crippen molar-refractivity contribution in [2.24, 2.45) is 0 Å². The third-order valence-electron chi connectivity index (χ3n) is 3.70. The molecular weight excluding hydrogens is 306 g/mol. The maximum Gasteiger partial charge on any atom is 0.195 e. The van der Waals surface area contributed by atoms with Gasteiger partial charge in [0.25, 0.3) is 0 Å². The highest BCUT2D eigenvalue weighted by atomic mass is 35.5. The predicted molar refractivity (Wildman–Crippen MR) is 87.1 cm³/mol. The number of imidazole rings is 2. The number of likely N-dealkylation sites (N-methyl/N-ethyl adjacent to an activating group) is 1. The number of fused-ring (bicyclic) bond motifs is 1. The van der Waals surface area contributed by atoms with Crippen molar-refractivity contribution in [2.45, 2.75) is 20.4 Å². The first-order chi connectivity index (χ1) is 10.2. The molecule has 0 bridgehead atoms. The smallest absolute Gasteiger partial charge is 0.195 e. The molecule has 0 aliphatic heterocycles. The monoisotopic (exact) mass is 323 g/mol. The molecule has 0 aliphatic carbocycles. The second-order valence-corrected chi connectivity index (χ2v) is 6.01. The number of halogens is 1. The van der Waals surface area contributed by atoms with Crippen molar-refractivity contribution in [3.05, 3.63) is 29.1 Å². The lowest BCUT2D eigenvalue weighted by Gasteiger charge is -2.18. The molecule has 0 saturated heterocycles. The average molecular weight is 324 g/mol. The lowest BCUT2D eigenvalue weighted by Crippen LogP contribution is -2.27. The molecule has 112 valence electrons. The molecule has 0 aromatic carbocycles. The van der Waals surface area contributed by atoms with Gasteiger partial charge in [0, 0.05) is 37.1 Å². The molecule has 0 atom stereocenters. The summed E-state index contributed by atoms with van der Waals surface area (Å²) >= 11 is 7.87. The van der Waals surface area contributed by atoms with Crippen LogP contribution in [0.4, 0.5) is 0 Å². The van der Waals surface area contributed by atoms with Gasteiger partial charge in [-0.1, -0.05) is 25.4 Å². The van der Waals surface area contributed by atoms with Gasteiger partial charge in [-0.25, -0.2) is 9.97 Å². The van der Waals surface area contributed by atoms with Gasteiger partial charge in [-0.3, -0.25) is 4.40 Å². The Bertz CT molecular complexity index is 725. The zero-order valence-electron chi connectivity index (χ0n) is 12.2. The van der Waals surface area contributed by atoms with Crippen LogP contribution >= 0.6 is 22.9 Å². The maximum atomic E-state index is 6.30. The molecule has 0 fully saturated rings. The van der Waals surface area contributed by atoms with Crippen molar-refractivity contribution in [1.29, 1.82) is 0 Å². The minimum absolute atomic E-state index is 0.511. The van der Waals surface area contributed by atoms with Crippen LogP contribution in [0.5, 0.6) is 0 Å². The molecular formula is C14H18ClN5S. The highest BCUT2D eigenvalue weighted by Gasteiger charge is 2.17. The molecule has 3 aromatic heterocycles. The van der Waals surface area contributed by atoms with E-state index in [-0.39, 0.29) is 0 Å². The van der Waals surface area contributed by atoms with Gasteiger partial charge < -0.3 is 9.47 Å². The lowest BCUT2D eigenvalue weighted by atomic mass is 10.4. The molecule has 5 nitrogen and oxygen atoms in total. The highest BCUT2D eigenvalue weighted by Crippen LogP contribution is 2.29. The molecule has 3 rings (SSSR count). The first kappa shape index (κ1) is 14.6. The maximum absolute atomic E-state index is 6.30. The van der Waals surface area contributed by atoms with Gasteiger partial charge >= 0.3 is 0 Å². The predicted octanol–water partition coefficient (Wildman–Crippen LogP) is 3.25. The van der Waals surface area contributed by atoms with Crippen LogP contribution in [0.1, 0.15) is 13.8 Å². The fourth-order valence-corrected chi connectivity index (χ4v) is 3.47. The zero-order valence-corrected chi connectivity index (χ0v) is 13.7. The zero-order chi connectivity index (χ0) is 14.8. The van der Waals surface area contributed by atoms with Crippen LogP contribution in [0.2, 0.25) is 5.15 Å². The molecule has 3 aromatic rings. The Morgan fingerprint density at radius 3 is 2.86 bits per heavy atom. The van der Waals surface area contributed by atoms with Crippen molar-refractivity contribution in [3.63, 3.8) is 0 Å². The molecule has 21 heavy (non-hydrogen) atoms. The standard InChI is InChI=1S/C14H18ClN5S/c1-3-18(4-2)7-8-19-6-5-16-13(19)11-12(15)17-14-20(11)9-10-21-14/h5-6,9-10H,3-4,7-8H2,1-2H3. The van der Waals surface area contributed by atoms with Crippen molar-refractivity contribution in [3.8, 4) is 11.5 Å². The summed E-state index contributed by atoms with van der Waals surface area (Å²) in [5, 5.41) is 2.52. The van der Waals surface area contributed by atoms with Gasteiger partial charge in [0.2, 0.25) is 0 Å². The molecule has 0 amide bonds. The highest BCUT2D eigenvalue weighted by molar-refractivity contribution is 7.15. The fraction of sp³-hybridized carbons (Fsp3) is 0.429. The van der Waals surface area contributed by atoms with E-state index in [4.69, 9.17) is 11.6 Å². The van der Waals surface area contributed by atoms with Crippen LogP contribution in [-0.4, -0.2) is 43.5 Å². The second-order valence-electron chi connectivity index (χ2n) is 4.78. The van der Waals surface area contributed by atoms with Gasteiger partial charge in [0.05, 0.1) is 0 Å². The molecule has 3 heterocycles. The lowest BCUT2D eigenvalue weighted by molar-refractivity contribution is 0.291. The fourth-order valence-electron chi connectivity index (χ4n) is 2.46. The van der Waals surface area contributed by atoms with Gasteiger partial charge in [-0.2, -0.15) is 0 Å². The van der Waals surface area contributed by atoms with Crippen molar-refractivity contribution >= 4 is 27.9 Å². The Kier molecular flexibility index (Phi) is 4.28. The summed E-state index contributed by atoms with van der Waals surface area (Å²) < 4.78 is 4.15. The van der Waals surface area contributed by atoms with E-state index in [2.05, 4.69) is 33.3 Å². The quantitative estimate of drug-likeness (QED) is 0.699. The van der Waals surface area contributed by atoms with E-state index >= 15 is 0 Å². The van der Waals surface area contributed by atoms with Crippen LogP contribution in [0.15, 0.2) is 24.0 Å². The van der Waals surface area contributed by atoms with E-state index in [1.165, 1.54) is 0 Å². The molecule has 0 saturated carbocycles. The average Bonchev–Trinajstić information content (AvgIpc) is 3.16. The number of nitrogens with zero attached hydrogens (tertiary/aromatic N) is 5. The Balaban J connectivity index is 1.91. The van der Waals surface area contributed by atoms with Gasteiger partial charge in [-0.05, 0) is 13.1 Å². The molecule has 0 unspecified atom stereocenters. The van der Waals surface area contributed by atoms with Gasteiger partial charge in [0.15, 0.2) is 15.9 Å². The largest absolute Gasteiger partial charge is 0.328 e. The molecule has 0 N–H and O–H groups in total. The SMILES string of the molecule is CCN(CC)CCn1ccnc1-c1c(Cl)nc2sccn12. The first-order valence-electron chi connectivity index (χ1n) is 7.09. The molecule has 0 aliphatic rings. The summed E-state index contributed by atoms with van der Waals surface area (Å²) in [5.74, 6) is 0.873. The minimum atomic E-state index is 0.511. The van der Waals surface area contributed by atoms with E-state index in [1.807, 2.05) is 28.4 Å². The van der Waals surface area contributed by atoms with E-state index in [1.54, 1.807) is 11.3 Å².